The Morgan fingerprint density at radius 3 is 2.68 bits per heavy atom. The number of halogens is 1. The fourth-order valence-corrected chi connectivity index (χ4v) is 2.81. The van der Waals surface area contributed by atoms with Crippen molar-refractivity contribution in [2.45, 2.75) is 26.5 Å². The van der Waals surface area contributed by atoms with Crippen LogP contribution in [0.1, 0.15) is 28.6 Å². The number of nitrogens with one attached hydrogen (secondary N) is 1. The number of benzene rings is 2. The maximum atomic E-state index is 12.3. The maximum Gasteiger partial charge on any atom is 0.375 e. The number of fused-ring (bicyclic) bond motifs is 1. The predicted octanol–water partition coefficient (Wildman–Crippen LogP) is 3.62. The molecule has 0 bridgehead atoms. The van der Waals surface area contributed by atoms with Crippen molar-refractivity contribution in [3.05, 3.63) is 80.7 Å². The number of esters is 1. The molecule has 0 spiro atoms. The molecular weight excluding hydrogens is 382 g/mol. The smallest absolute Gasteiger partial charge is 0.375 e. The highest BCUT2D eigenvalue weighted by molar-refractivity contribution is 6.31. The molecular formula is C21H18ClNO5. The Bertz CT molecular complexity index is 1110. The first-order chi connectivity index (χ1) is 13.3. The van der Waals surface area contributed by atoms with E-state index in [9.17, 15) is 14.4 Å². The SMILES string of the molecule is Cc1ccc2oc(C(=O)O[C@@H](C)C(=O)NCc3ccccc3Cl)cc(=O)c2c1. The Labute approximate surface area is 166 Å². The maximum absolute atomic E-state index is 12.3. The van der Waals surface area contributed by atoms with Crippen LogP contribution in [0.15, 0.2) is 57.7 Å². The van der Waals surface area contributed by atoms with Crippen LogP contribution in [0.5, 0.6) is 0 Å². The molecule has 0 aliphatic carbocycles. The van der Waals surface area contributed by atoms with Crippen LogP contribution in [0.3, 0.4) is 0 Å². The molecule has 1 atom stereocenters. The lowest BCUT2D eigenvalue weighted by molar-refractivity contribution is -0.129. The van der Waals surface area contributed by atoms with E-state index in [-0.39, 0.29) is 23.3 Å². The van der Waals surface area contributed by atoms with Crippen molar-refractivity contribution in [2.75, 3.05) is 0 Å². The van der Waals surface area contributed by atoms with Crippen LogP contribution in [0, 0.1) is 6.92 Å². The monoisotopic (exact) mass is 399 g/mol. The summed E-state index contributed by atoms with van der Waals surface area (Å²) in [5.74, 6) is -1.64. The van der Waals surface area contributed by atoms with Crippen LogP contribution >= 0.6 is 11.6 Å². The van der Waals surface area contributed by atoms with Gasteiger partial charge in [-0.1, -0.05) is 41.4 Å². The Morgan fingerprint density at radius 2 is 1.93 bits per heavy atom. The van der Waals surface area contributed by atoms with Crippen molar-refractivity contribution >= 4 is 34.4 Å². The van der Waals surface area contributed by atoms with Crippen LogP contribution in [0.2, 0.25) is 5.02 Å². The number of aryl methyl sites for hydroxylation is 1. The molecule has 0 fully saturated rings. The fraction of sp³-hybridized carbons (Fsp3) is 0.190. The number of carbonyl (C=O) groups excluding carboxylic acids is 2. The van der Waals surface area contributed by atoms with Gasteiger partial charge in [0, 0.05) is 17.6 Å². The van der Waals surface area contributed by atoms with Gasteiger partial charge in [-0.2, -0.15) is 0 Å². The average molecular weight is 400 g/mol. The van der Waals surface area contributed by atoms with E-state index in [2.05, 4.69) is 5.32 Å². The second kappa shape index (κ2) is 8.27. The van der Waals surface area contributed by atoms with Gasteiger partial charge in [0.25, 0.3) is 5.91 Å². The van der Waals surface area contributed by atoms with E-state index in [1.165, 1.54) is 6.92 Å². The van der Waals surface area contributed by atoms with Crippen LogP contribution in [-0.2, 0) is 16.1 Å². The lowest BCUT2D eigenvalue weighted by Gasteiger charge is -2.13. The third-order valence-corrected chi connectivity index (χ3v) is 4.52. The van der Waals surface area contributed by atoms with Gasteiger partial charge < -0.3 is 14.5 Å². The number of carbonyl (C=O) groups is 2. The predicted molar refractivity (Wildman–Crippen MR) is 105 cm³/mol. The number of ether oxygens (including phenoxy) is 1. The van der Waals surface area contributed by atoms with E-state index >= 15 is 0 Å². The molecule has 0 aliphatic rings. The summed E-state index contributed by atoms with van der Waals surface area (Å²) in [4.78, 5) is 36.7. The molecule has 3 rings (SSSR count). The summed E-state index contributed by atoms with van der Waals surface area (Å²) in [7, 11) is 0. The van der Waals surface area contributed by atoms with Crippen LogP contribution in [-0.4, -0.2) is 18.0 Å². The van der Waals surface area contributed by atoms with Gasteiger partial charge >= 0.3 is 5.97 Å². The van der Waals surface area contributed by atoms with Crippen LogP contribution < -0.4 is 10.7 Å². The van der Waals surface area contributed by atoms with Crippen molar-refractivity contribution in [3.63, 3.8) is 0 Å². The van der Waals surface area contributed by atoms with Crippen molar-refractivity contribution in [1.29, 1.82) is 0 Å². The first-order valence-corrected chi connectivity index (χ1v) is 8.99. The molecule has 1 heterocycles. The van der Waals surface area contributed by atoms with E-state index in [1.807, 2.05) is 6.92 Å². The van der Waals surface area contributed by atoms with Gasteiger partial charge in [-0.15, -0.1) is 0 Å². The Morgan fingerprint density at radius 1 is 1.18 bits per heavy atom. The third-order valence-electron chi connectivity index (χ3n) is 4.15. The molecule has 0 saturated heterocycles. The fourth-order valence-electron chi connectivity index (χ4n) is 2.61. The van der Waals surface area contributed by atoms with Gasteiger partial charge in [0.1, 0.15) is 5.58 Å². The second-order valence-electron chi connectivity index (χ2n) is 6.33. The van der Waals surface area contributed by atoms with E-state index in [1.54, 1.807) is 42.5 Å². The molecule has 2 aromatic carbocycles. The molecule has 144 valence electrons. The van der Waals surface area contributed by atoms with Gasteiger partial charge in [-0.25, -0.2) is 4.79 Å². The zero-order valence-corrected chi connectivity index (χ0v) is 16.1. The highest BCUT2D eigenvalue weighted by atomic mass is 35.5. The van der Waals surface area contributed by atoms with E-state index in [4.69, 9.17) is 20.8 Å². The van der Waals surface area contributed by atoms with Crippen LogP contribution in [0.4, 0.5) is 0 Å². The normalized spacial score (nSPS) is 11.8. The summed E-state index contributed by atoms with van der Waals surface area (Å²) in [5.41, 5.74) is 1.57. The topological polar surface area (TPSA) is 85.6 Å². The molecule has 0 unspecified atom stereocenters. The zero-order valence-electron chi connectivity index (χ0n) is 15.3. The first-order valence-electron chi connectivity index (χ1n) is 8.62. The molecule has 6 nitrogen and oxygen atoms in total. The third kappa shape index (κ3) is 4.40. The Hall–Kier alpha value is -3.12. The van der Waals surface area contributed by atoms with Gasteiger partial charge in [-0.3, -0.25) is 9.59 Å². The van der Waals surface area contributed by atoms with Gasteiger partial charge in [0.2, 0.25) is 5.76 Å². The highest BCUT2D eigenvalue weighted by Gasteiger charge is 2.21. The molecule has 28 heavy (non-hydrogen) atoms. The lowest BCUT2D eigenvalue weighted by atomic mass is 10.1. The summed E-state index contributed by atoms with van der Waals surface area (Å²) >= 11 is 6.05. The summed E-state index contributed by atoms with van der Waals surface area (Å²) < 4.78 is 10.6. The number of amides is 1. The summed E-state index contributed by atoms with van der Waals surface area (Å²) in [6.45, 7) is 3.48. The standard InChI is InChI=1S/C21H18ClNO5/c1-12-7-8-18-15(9-12)17(24)10-19(28-18)21(26)27-13(2)20(25)23-11-14-5-3-4-6-16(14)22/h3-10,13H,11H2,1-2H3,(H,23,25)/t13-/m0/s1. The Balaban J connectivity index is 1.67. The van der Waals surface area contributed by atoms with E-state index in [0.29, 0.717) is 10.4 Å². The average Bonchev–Trinajstić information content (AvgIpc) is 2.67. The summed E-state index contributed by atoms with van der Waals surface area (Å²) in [5, 5.41) is 3.56. The molecule has 0 aliphatic heterocycles. The number of hydrogen-bond donors (Lipinski definition) is 1. The molecule has 1 aromatic heterocycles. The van der Waals surface area contributed by atoms with Gasteiger partial charge in [-0.05, 0) is 37.6 Å². The second-order valence-corrected chi connectivity index (χ2v) is 6.74. The number of rotatable bonds is 5. The van der Waals surface area contributed by atoms with Crippen molar-refractivity contribution in [3.8, 4) is 0 Å². The molecule has 7 heteroatoms. The Kier molecular flexibility index (Phi) is 5.80. The van der Waals surface area contributed by atoms with Crippen molar-refractivity contribution < 1.29 is 18.7 Å². The molecule has 3 aromatic rings. The lowest BCUT2D eigenvalue weighted by Crippen LogP contribution is -2.35. The van der Waals surface area contributed by atoms with E-state index in [0.717, 1.165) is 17.2 Å². The minimum atomic E-state index is -1.07. The largest absolute Gasteiger partial charge is 0.449 e. The minimum absolute atomic E-state index is 0.199. The molecule has 0 radical (unpaired) electrons. The van der Waals surface area contributed by atoms with Gasteiger partial charge in [0.05, 0.1) is 5.39 Å². The van der Waals surface area contributed by atoms with Crippen molar-refractivity contribution in [1.82, 2.24) is 5.32 Å². The summed E-state index contributed by atoms with van der Waals surface area (Å²) in [6, 6.07) is 13.2. The zero-order chi connectivity index (χ0) is 20.3. The first kappa shape index (κ1) is 19.6. The van der Waals surface area contributed by atoms with Gasteiger partial charge in [0.15, 0.2) is 11.5 Å². The highest BCUT2D eigenvalue weighted by Crippen LogP contribution is 2.16. The number of hydrogen-bond acceptors (Lipinski definition) is 5. The van der Waals surface area contributed by atoms with E-state index < -0.39 is 18.0 Å². The molecule has 0 saturated carbocycles. The van der Waals surface area contributed by atoms with Crippen molar-refractivity contribution in [2.24, 2.45) is 0 Å². The molecule has 1 N–H and O–H groups in total. The van der Waals surface area contributed by atoms with Crippen LogP contribution in [0.25, 0.3) is 11.0 Å². The summed E-state index contributed by atoms with van der Waals surface area (Å²) in [6.07, 6.45) is -1.07. The molecule has 1 amide bonds. The quantitative estimate of drug-likeness (QED) is 0.662. The minimum Gasteiger partial charge on any atom is -0.449 e.